The molecule has 1 fully saturated rings. The fraction of sp³-hybridized carbons (Fsp3) is 0.333. The molecule has 4 aromatic rings. The van der Waals surface area contributed by atoms with Crippen LogP contribution in [-0.4, -0.2) is 71.8 Å². The first-order valence-corrected chi connectivity index (χ1v) is 15.7. The van der Waals surface area contributed by atoms with Crippen LogP contribution >= 0.6 is 15.9 Å². The monoisotopic (exact) mass is 684 g/mol. The SMILES string of the molecule is CC(=O)NC[C@]12C=C[C@H]1N(C(=O)Cn1nc(C(C)=O)c3cc(-c4cnc(C)nc4)cc(C)c31)[C@H](C(=O)Nc1nc(Br)ccc1C)C2. The molecular weight excluding hydrogens is 652 g/mol. The van der Waals surface area contributed by atoms with E-state index in [0.29, 0.717) is 33.6 Å². The number of benzene rings is 1. The number of likely N-dealkylation sites (tertiary alicyclic amines) is 1. The third kappa shape index (κ3) is 5.59. The van der Waals surface area contributed by atoms with Crippen molar-refractivity contribution in [3.63, 3.8) is 0 Å². The second-order valence-electron chi connectivity index (χ2n) is 12.0. The highest BCUT2D eigenvalue weighted by molar-refractivity contribution is 9.10. The Kier molecular flexibility index (Phi) is 8.05. The van der Waals surface area contributed by atoms with E-state index in [2.05, 4.69) is 46.6 Å². The summed E-state index contributed by atoms with van der Waals surface area (Å²) in [6.45, 7) is 8.52. The topological polar surface area (TPSA) is 152 Å². The number of amides is 3. The molecule has 2 N–H and O–H groups in total. The quantitative estimate of drug-likeness (QED) is 0.160. The Morgan fingerprint density at radius 1 is 1.02 bits per heavy atom. The lowest BCUT2D eigenvalue weighted by atomic mass is 9.71. The second-order valence-corrected chi connectivity index (χ2v) is 12.8. The smallest absolute Gasteiger partial charge is 0.248 e. The number of rotatable bonds is 8. The number of aromatic nitrogens is 5. The van der Waals surface area contributed by atoms with Gasteiger partial charge in [0.15, 0.2) is 5.78 Å². The molecule has 1 aromatic carbocycles. The molecule has 236 valence electrons. The third-order valence-corrected chi connectivity index (χ3v) is 9.18. The highest BCUT2D eigenvalue weighted by Gasteiger charge is 2.57. The molecule has 6 rings (SSSR count). The summed E-state index contributed by atoms with van der Waals surface area (Å²) in [5.41, 5.74) is 3.51. The Bertz CT molecular complexity index is 1950. The summed E-state index contributed by atoms with van der Waals surface area (Å²) < 4.78 is 2.11. The molecule has 4 heterocycles. The van der Waals surface area contributed by atoms with Crippen LogP contribution < -0.4 is 10.6 Å². The average Bonchev–Trinajstić information content (AvgIpc) is 3.47. The largest absolute Gasteiger partial charge is 0.355 e. The van der Waals surface area contributed by atoms with Crippen LogP contribution in [0, 0.1) is 26.2 Å². The summed E-state index contributed by atoms with van der Waals surface area (Å²) in [5.74, 6) is -0.107. The van der Waals surface area contributed by atoms with Gasteiger partial charge in [-0.1, -0.05) is 18.2 Å². The number of carbonyl (C=O) groups is 4. The molecule has 12 nitrogen and oxygen atoms in total. The van der Waals surface area contributed by atoms with E-state index in [0.717, 1.165) is 22.3 Å². The van der Waals surface area contributed by atoms with Crippen LogP contribution in [0.2, 0.25) is 0 Å². The van der Waals surface area contributed by atoms with Crippen LogP contribution in [0.5, 0.6) is 0 Å². The van der Waals surface area contributed by atoms with E-state index in [1.54, 1.807) is 28.0 Å². The van der Waals surface area contributed by atoms with Gasteiger partial charge in [0.05, 0.1) is 11.6 Å². The highest BCUT2D eigenvalue weighted by Crippen LogP contribution is 2.49. The van der Waals surface area contributed by atoms with Gasteiger partial charge in [-0.2, -0.15) is 5.10 Å². The van der Waals surface area contributed by atoms with Crippen LogP contribution in [0.3, 0.4) is 0 Å². The number of pyridine rings is 1. The Balaban J connectivity index is 1.36. The minimum Gasteiger partial charge on any atom is -0.355 e. The molecule has 0 radical (unpaired) electrons. The van der Waals surface area contributed by atoms with Crippen molar-refractivity contribution in [2.45, 2.75) is 59.7 Å². The molecule has 3 aromatic heterocycles. The average molecular weight is 686 g/mol. The first-order valence-electron chi connectivity index (χ1n) is 14.9. The number of anilines is 1. The summed E-state index contributed by atoms with van der Waals surface area (Å²) in [6.07, 6.45) is 7.62. The molecular formula is C33H33BrN8O4. The molecule has 1 aliphatic carbocycles. The second kappa shape index (κ2) is 11.9. The van der Waals surface area contributed by atoms with Gasteiger partial charge in [0.1, 0.15) is 34.5 Å². The standard InChI is InChI=1S/C33H33BrN8O4/c1-17-6-7-27(34)38-31(17)39-32(46)25-12-33(16-37-21(5)44)9-8-26(33)42(25)28(45)15-41-30-18(2)10-22(23-13-35-20(4)36-14-23)11-24(30)29(40-41)19(3)43/h6-11,13-14,25-26H,12,15-16H2,1-5H3,(H,37,44)(H,38,39,46)/t25-,26+,33+/m0/s1. The number of ketones is 1. The number of halogens is 1. The molecule has 3 amide bonds. The van der Waals surface area contributed by atoms with Crippen LogP contribution in [0.15, 0.2) is 53.4 Å². The lowest BCUT2D eigenvalue weighted by Crippen LogP contribution is -2.53. The third-order valence-electron chi connectivity index (χ3n) is 8.74. The van der Waals surface area contributed by atoms with Gasteiger partial charge in [0, 0.05) is 49.2 Å². The van der Waals surface area contributed by atoms with Crippen LogP contribution in [-0.2, 0) is 20.9 Å². The summed E-state index contributed by atoms with van der Waals surface area (Å²) >= 11 is 3.35. The zero-order valence-corrected chi connectivity index (χ0v) is 27.7. The minimum atomic E-state index is -0.843. The Labute approximate surface area is 273 Å². The predicted molar refractivity (Wildman–Crippen MR) is 175 cm³/mol. The van der Waals surface area contributed by atoms with Crippen LogP contribution in [0.1, 0.15) is 47.7 Å². The highest BCUT2D eigenvalue weighted by atomic mass is 79.9. The number of Topliss-reactive ketones (excluding diaryl/α,β-unsaturated/α-hetero) is 1. The molecule has 1 aliphatic heterocycles. The van der Waals surface area contributed by atoms with Gasteiger partial charge >= 0.3 is 0 Å². The molecule has 0 spiro atoms. The van der Waals surface area contributed by atoms with Crippen molar-refractivity contribution >= 4 is 56.2 Å². The van der Waals surface area contributed by atoms with Crippen molar-refractivity contribution in [2.75, 3.05) is 11.9 Å². The number of nitrogens with one attached hydrogen (secondary N) is 2. The number of carbonyl (C=O) groups excluding carboxylic acids is 4. The van der Waals surface area contributed by atoms with Gasteiger partial charge in [-0.15, -0.1) is 0 Å². The molecule has 1 saturated heterocycles. The lowest BCUT2D eigenvalue weighted by Gasteiger charge is -2.41. The number of nitrogens with zero attached hydrogens (tertiary/aromatic N) is 6. The zero-order chi connectivity index (χ0) is 32.9. The van der Waals surface area contributed by atoms with Gasteiger partial charge in [-0.3, -0.25) is 23.9 Å². The Morgan fingerprint density at radius 3 is 2.41 bits per heavy atom. The van der Waals surface area contributed by atoms with E-state index in [-0.39, 0.29) is 42.3 Å². The molecule has 13 heteroatoms. The van der Waals surface area contributed by atoms with Gasteiger partial charge in [-0.25, -0.2) is 15.0 Å². The van der Waals surface area contributed by atoms with Crippen molar-refractivity contribution in [1.29, 1.82) is 0 Å². The number of aryl methyl sites for hydroxylation is 3. The maximum Gasteiger partial charge on any atom is 0.248 e. The fourth-order valence-electron chi connectivity index (χ4n) is 6.39. The van der Waals surface area contributed by atoms with E-state index in [1.807, 2.05) is 51.1 Å². The first kappa shape index (κ1) is 31.2. The summed E-state index contributed by atoms with van der Waals surface area (Å²) in [7, 11) is 0. The molecule has 2 aliphatic rings. The van der Waals surface area contributed by atoms with Crippen molar-refractivity contribution in [2.24, 2.45) is 5.41 Å². The summed E-state index contributed by atoms with van der Waals surface area (Å²) in [6, 6.07) is 6.19. The predicted octanol–water partition coefficient (Wildman–Crippen LogP) is 4.08. The van der Waals surface area contributed by atoms with Crippen molar-refractivity contribution in [1.82, 2.24) is 34.9 Å². The number of hydrogen-bond donors (Lipinski definition) is 2. The van der Waals surface area contributed by atoms with Crippen molar-refractivity contribution in [3.05, 3.63) is 76.1 Å². The normalized spacial score (nSPS) is 19.9. The molecule has 46 heavy (non-hydrogen) atoms. The van der Waals surface area contributed by atoms with E-state index < -0.39 is 17.5 Å². The molecule has 0 saturated carbocycles. The van der Waals surface area contributed by atoms with Crippen molar-refractivity contribution < 1.29 is 19.2 Å². The molecule has 0 unspecified atom stereocenters. The maximum absolute atomic E-state index is 14.3. The van der Waals surface area contributed by atoms with Gasteiger partial charge in [0.25, 0.3) is 0 Å². The first-order chi connectivity index (χ1) is 21.9. The van der Waals surface area contributed by atoms with Crippen molar-refractivity contribution in [3.8, 4) is 11.1 Å². The minimum absolute atomic E-state index is 0.194. The Hall–Kier alpha value is -4.78. The zero-order valence-electron chi connectivity index (χ0n) is 26.1. The number of hydrogen-bond acceptors (Lipinski definition) is 8. The summed E-state index contributed by atoms with van der Waals surface area (Å²) in [4.78, 5) is 67.3. The van der Waals surface area contributed by atoms with Gasteiger partial charge < -0.3 is 15.5 Å². The molecule has 3 atom stereocenters. The fourth-order valence-corrected chi connectivity index (χ4v) is 6.70. The summed E-state index contributed by atoms with van der Waals surface area (Å²) in [5, 5.41) is 11.0. The van der Waals surface area contributed by atoms with Gasteiger partial charge in [0.2, 0.25) is 17.7 Å². The van der Waals surface area contributed by atoms with Crippen LogP contribution in [0.25, 0.3) is 22.0 Å². The van der Waals surface area contributed by atoms with E-state index in [9.17, 15) is 19.2 Å². The Morgan fingerprint density at radius 2 is 1.76 bits per heavy atom. The van der Waals surface area contributed by atoms with Crippen LogP contribution in [0.4, 0.5) is 5.82 Å². The van der Waals surface area contributed by atoms with E-state index >= 15 is 0 Å². The van der Waals surface area contributed by atoms with E-state index in [4.69, 9.17) is 0 Å². The lowest BCUT2D eigenvalue weighted by molar-refractivity contribution is -0.139. The van der Waals surface area contributed by atoms with E-state index in [1.165, 1.54) is 13.8 Å². The number of fused-ring (bicyclic) bond motifs is 2. The molecule has 0 bridgehead atoms. The van der Waals surface area contributed by atoms with Gasteiger partial charge in [-0.05, 0) is 78.0 Å². The maximum atomic E-state index is 14.3.